The van der Waals surface area contributed by atoms with Crippen molar-refractivity contribution in [3.8, 4) is 11.4 Å². The Kier molecular flexibility index (Phi) is 8.13. The number of aryl methyl sites for hydroxylation is 1. The van der Waals surface area contributed by atoms with Crippen molar-refractivity contribution < 1.29 is 4.39 Å². The highest BCUT2D eigenvalue weighted by Crippen LogP contribution is 2.61. The predicted octanol–water partition coefficient (Wildman–Crippen LogP) is 5.97. The van der Waals surface area contributed by atoms with Crippen molar-refractivity contribution >= 4 is 22.5 Å². The third-order valence-electron chi connectivity index (χ3n) is 11.0. The highest BCUT2D eigenvalue weighted by atomic mass is 19.1. The van der Waals surface area contributed by atoms with Crippen LogP contribution in [-0.2, 0) is 13.0 Å². The van der Waals surface area contributed by atoms with Crippen LogP contribution in [0.3, 0.4) is 0 Å². The van der Waals surface area contributed by atoms with Crippen molar-refractivity contribution in [2.45, 2.75) is 65.6 Å². The lowest BCUT2D eigenvalue weighted by molar-refractivity contribution is -0.108. The molecule has 240 valence electrons. The van der Waals surface area contributed by atoms with Crippen LogP contribution in [0.15, 0.2) is 76.8 Å². The minimum Gasteiger partial charge on any atom is -0.340 e. The summed E-state index contributed by atoms with van der Waals surface area (Å²) in [6.45, 7) is 12.5. The maximum Gasteiger partial charge on any atom is 0.261 e. The summed E-state index contributed by atoms with van der Waals surface area (Å²) in [4.78, 5) is 31.0. The van der Waals surface area contributed by atoms with Gasteiger partial charge >= 0.3 is 0 Å². The van der Waals surface area contributed by atoms with Gasteiger partial charge in [-0.15, -0.1) is 0 Å². The molecule has 3 aliphatic carbocycles. The second-order valence-electron chi connectivity index (χ2n) is 14.1. The zero-order chi connectivity index (χ0) is 32.0. The Morgan fingerprint density at radius 2 is 1.87 bits per heavy atom. The number of nitrogens with one attached hydrogen (secondary N) is 2. The number of rotatable bonds is 6. The van der Waals surface area contributed by atoms with Gasteiger partial charge in [0, 0.05) is 55.9 Å². The van der Waals surface area contributed by atoms with Gasteiger partial charge in [0.2, 0.25) is 0 Å². The molecule has 5 atom stereocenters. The molecule has 1 aliphatic heterocycles. The van der Waals surface area contributed by atoms with E-state index >= 15 is 0 Å². The molecule has 0 amide bonds. The van der Waals surface area contributed by atoms with Crippen LogP contribution in [0.1, 0.15) is 46.1 Å². The van der Waals surface area contributed by atoms with Gasteiger partial charge in [-0.25, -0.2) is 14.4 Å². The van der Waals surface area contributed by atoms with Gasteiger partial charge in [-0.2, -0.15) is 0 Å². The molecule has 8 nitrogen and oxygen atoms in total. The number of fused-ring (bicyclic) bond motifs is 3. The van der Waals surface area contributed by atoms with Crippen molar-refractivity contribution in [2.24, 2.45) is 28.2 Å². The van der Waals surface area contributed by atoms with Crippen LogP contribution < -0.4 is 16.2 Å². The van der Waals surface area contributed by atoms with Crippen LogP contribution >= 0.6 is 0 Å². The standard InChI is InChI=1S/C37H44FN7O/c1-23-22-44(18-16-40-23)36(43-32-20-27-19-31(24(32)2)37(27,3)4)41-29-9-10-30-33(21-29)42-34(26-11-14-39-15-12-26)45(35(30)46)17-13-25-5-7-28(38)8-6-25/h5-12,14-15,21,23-24,27,31-32,40H,13,16-20,22H2,1-4H3,(H,41,43)/t23-,24-,27+,31-,32-/m0/s1. The first kappa shape index (κ1) is 30.5. The normalized spacial score (nSPS) is 25.7. The van der Waals surface area contributed by atoms with Crippen molar-refractivity contribution in [1.82, 2.24) is 24.8 Å². The van der Waals surface area contributed by atoms with Crippen molar-refractivity contribution in [2.75, 3.05) is 25.0 Å². The summed E-state index contributed by atoms with van der Waals surface area (Å²) in [5.74, 6) is 3.19. The number of pyridine rings is 1. The lowest BCUT2D eigenvalue weighted by atomic mass is 9.45. The summed E-state index contributed by atoms with van der Waals surface area (Å²) in [5.41, 5.74) is 3.57. The number of halogens is 1. The lowest BCUT2D eigenvalue weighted by Gasteiger charge is -2.61. The fraction of sp³-hybridized carbons (Fsp3) is 0.459. The Hall–Kier alpha value is -4.11. The molecule has 46 heavy (non-hydrogen) atoms. The summed E-state index contributed by atoms with van der Waals surface area (Å²) in [5, 5.41) is 7.79. The topological polar surface area (TPSA) is 87.4 Å². The molecule has 0 spiro atoms. The van der Waals surface area contributed by atoms with Crippen molar-refractivity contribution in [3.05, 3.63) is 88.7 Å². The van der Waals surface area contributed by atoms with Crippen LogP contribution in [0.5, 0.6) is 0 Å². The first-order chi connectivity index (χ1) is 22.2. The summed E-state index contributed by atoms with van der Waals surface area (Å²) in [6, 6.07) is 16.6. The maximum atomic E-state index is 14.0. The molecule has 2 N–H and O–H groups in total. The lowest BCUT2D eigenvalue weighted by Crippen LogP contribution is -2.57. The van der Waals surface area contributed by atoms with E-state index < -0.39 is 0 Å². The Morgan fingerprint density at radius 1 is 1.09 bits per heavy atom. The Labute approximate surface area is 270 Å². The average molecular weight is 622 g/mol. The number of guanidine groups is 1. The number of benzene rings is 2. The summed E-state index contributed by atoms with van der Waals surface area (Å²) >= 11 is 0. The summed E-state index contributed by atoms with van der Waals surface area (Å²) < 4.78 is 15.2. The van der Waals surface area contributed by atoms with Gasteiger partial charge in [0.15, 0.2) is 5.96 Å². The summed E-state index contributed by atoms with van der Waals surface area (Å²) in [6.07, 6.45) is 6.45. The number of aromatic nitrogens is 3. The van der Waals surface area contributed by atoms with Crippen LogP contribution in [0.25, 0.3) is 22.3 Å². The average Bonchev–Trinajstić information content (AvgIpc) is 3.05. The van der Waals surface area contributed by atoms with Gasteiger partial charge in [-0.1, -0.05) is 32.9 Å². The van der Waals surface area contributed by atoms with Gasteiger partial charge < -0.3 is 15.5 Å². The molecular formula is C37H44FN7O. The van der Waals surface area contributed by atoms with E-state index in [9.17, 15) is 9.18 Å². The fourth-order valence-corrected chi connectivity index (χ4v) is 8.02. The largest absolute Gasteiger partial charge is 0.340 e. The Morgan fingerprint density at radius 3 is 2.59 bits per heavy atom. The van der Waals surface area contributed by atoms with E-state index in [0.29, 0.717) is 53.0 Å². The number of aliphatic imine (C=N–C) groups is 1. The summed E-state index contributed by atoms with van der Waals surface area (Å²) in [7, 11) is 0. The zero-order valence-electron chi connectivity index (χ0n) is 27.2. The predicted molar refractivity (Wildman–Crippen MR) is 182 cm³/mol. The van der Waals surface area contributed by atoms with Gasteiger partial charge in [0.05, 0.1) is 16.9 Å². The highest BCUT2D eigenvalue weighted by Gasteiger charge is 2.56. The molecule has 8 rings (SSSR count). The number of hydrogen-bond donors (Lipinski definition) is 2. The number of anilines is 1. The van der Waals surface area contributed by atoms with E-state index in [1.54, 1.807) is 29.1 Å². The van der Waals surface area contributed by atoms with Gasteiger partial charge in [-0.3, -0.25) is 14.3 Å². The second-order valence-corrected chi connectivity index (χ2v) is 14.1. The van der Waals surface area contributed by atoms with Crippen LogP contribution in [0.2, 0.25) is 0 Å². The van der Waals surface area contributed by atoms with Crippen LogP contribution in [0, 0.1) is 29.0 Å². The molecule has 4 fully saturated rings. The van der Waals surface area contributed by atoms with Gasteiger partial charge in [0.1, 0.15) is 11.6 Å². The number of piperazine rings is 1. The zero-order valence-corrected chi connectivity index (χ0v) is 27.2. The molecular weight excluding hydrogens is 577 g/mol. The van der Waals surface area contributed by atoms with E-state index in [1.807, 2.05) is 30.3 Å². The highest BCUT2D eigenvalue weighted by molar-refractivity contribution is 5.96. The molecule has 9 heteroatoms. The monoisotopic (exact) mass is 621 g/mol. The van der Waals surface area contributed by atoms with E-state index in [2.05, 4.69) is 48.2 Å². The van der Waals surface area contributed by atoms with Gasteiger partial charge in [-0.05, 0) is 97.4 Å². The van der Waals surface area contributed by atoms with Crippen molar-refractivity contribution in [1.29, 1.82) is 0 Å². The maximum absolute atomic E-state index is 14.0. The smallest absolute Gasteiger partial charge is 0.261 e. The molecule has 4 aromatic rings. The molecule has 2 aromatic carbocycles. The SMILES string of the molecule is C[C@@H]1[C@@H](/N=C(/Nc2ccc3c(=O)n(CCc4ccc(F)cc4)c(-c4ccncc4)nc3c2)N2CCN[C@@H](C)C2)C[C@H]2C[C@@H]1C2(C)C. The molecule has 0 radical (unpaired) electrons. The third-order valence-corrected chi connectivity index (χ3v) is 11.0. The van der Waals surface area contributed by atoms with Crippen LogP contribution in [0.4, 0.5) is 10.1 Å². The Balaban J connectivity index is 1.23. The number of hydrogen-bond acceptors (Lipinski definition) is 5. The fourth-order valence-electron chi connectivity index (χ4n) is 8.02. The molecule has 3 saturated carbocycles. The van der Waals surface area contributed by atoms with E-state index in [-0.39, 0.29) is 17.4 Å². The molecule has 3 heterocycles. The minimum atomic E-state index is -0.274. The second kappa shape index (κ2) is 12.2. The quantitative estimate of drug-likeness (QED) is 0.204. The van der Waals surface area contributed by atoms with Crippen molar-refractivity contribution in [3.63, 3.8) is 0 Å². The van der Waals surface area contributed by atoms with Crippen LogP contribution in [-0.4, -0.2) is 57.1 Å². The number of nitrogens with zero attached hydrogens (tertiary/aromatic N) is 5. The first-order valence-electron chi connectivity index (χ1n) is 16.7. The molecule has 2 bridgehead atoms. The Bertz CT molecular complexity index is 1800. The van der Waals surface area contributed by atoms with E-state index in [1.165, 1.54) is 18.6 Å². The minimum absolute atomic E-state index is 0.104. The molecule has 4 aliphatic rings. The molecule has 1 saturated heterocycles. The van der Waals surface area contributed by atoms with Gasteiger partial charge in [0.25, 0.3) is 5.56 Å². The third kappa shape index (κ3) is 5.81. The van der Waals surface area contributed by atoms with E-state index in [0.717, 1.165) is 54.7 Å². The first-order valence-corrected chi connectivity index (χ1v) is 16.7. The molecule has 2 aromatic heterocycles. The molecule has 0 unspecified atom stereocenters. The van der Waals surface area contributed by atoms with E-state index in [4.69, 9.17) is 9.98 Å².